The smallest absolute Gasteiger partial charge is 0.328 e. The van der Waals surface area contributed by atoms with Gasteiger partial charge in [0, 0.05) is 6.42 Å². The molecule has 2 unspecified atom stereocenters. The molecule has 2 amide bonds. The van der Waals surface area contributed by atoms with Gasteiger partial charge in [-0.2, -0.15) is 0 Å². The summed E-state index contributed by atoms with van der Waals surface area (Å²) < 4.78 is 1.72. The van der Waals surface area contributed by atoms with Crippen LogP contribution in [0.5, 0.6) is 0 Å². The van der Waals surface area contributed by atoms with E-state index in [0.29, 0.717) is 24.0 Å². The Labute approximate surface area is 158 Å². The lowest BCUT2D eigenvalue weighted by atomic mass is 9.87. The van der Waals surface area contributed by atoms with Crippen LogP contribution in [0.1, 0.15) is 57.1 Å². The molecule has 2 N–H and O–H groups in total. The third-order valence-electron chi connectivity index (χ3n) is 5.57. The number of hydrogen-bond acceptors (Lipinski definition) is 5. The van der Waals surface area contributed by atoms with Crippen LogP contribution in [0.25, 0.3) is 0 Å². The van der Waals surface area contributed by atoms with Gasteiger partial charge in [-0.05, 0) is 32.6 Å². The predicted molar refractivity (Wildman–Crippen MR) is 95.5 cm³/mol. The van der Waals surface area contributed by atoms with Crippen molar-refractivity contribution in [3.05, 3.63) is 11.6 Å². The van der Waals surface area contributed by atoms with E-state index in [1.165, 1.54) is 11.3 Å². The molecule has 1 fully saturated rings. The van der Waals surface area contributed by atoms with Crippen molar-refractivity contribution in [1.29, 1.82) is 0 Å². The Morgan fingerprint density at radius 1 is 1.22 bits per heavy atom. The summed E-state index contributed by atoms with van der Waals surface area (Å²) in [6, 6.07) is -1.78. The summed E-state index contributed by atoms with van der Waals surface area (Å²) in [7, 11) is 0. The van der Waals surface area contributed by atoms with Crippen molar-refractivity contribution in [3.63, 3.8) is 0 Å². The van der Waals surface area contributed by atoms with Crippen molar-refractivity contribution in [1.82, 2.24) is 25.0 Å². The molecular weight excluding hydrogens is 350 g/mol. The fourth-order valence-electron chi connectivity index (χ4n) is 4.02. The van der Waals surface area contributed by atoms with Crippen LogP contribution in [-0.4, -0.2) is 54.6 Å². The lowest BCUT2D eigenvalue weighted by molar-refractivity contribution is -0.153. The summed E-state index contributed by atoms with van der Waals surface area (Å²) in [5, 5.41) is 20.3. The standard InChI is InChI=1S/C18H27N5O4/c1-11(19-16(24)8-13-6-4-3-5-7-13)17(25)23-10-15-21-20-12(2)22(15)9-14(23)18(26)27/h11,13-14H,3-10H2,1-2H3,(H,19,24)(H,26,27). The number of aliphatic carboxylic acids is 1. The maximum absolute atomic E-state index is 12.8. The molecule has 148 valence electrons. The second-order valence-corrected chi connectivity index (χ2v) is 7.59. The molecule has 2 aliphatic rings. The summed E-state index contributed by atoms with van der Waals surface area (Å²) in [6.45, 7) is 3.53. The number of carboxylic acid groups (broad SMARTS) is 1. The van der Waals surface area contributed by atoms with E-state index in [2.05, 4.69) is 15.5 Å². The lowest BCUT2D eigenvalue weighted by Gasteiger charge is -2.35. The first-order valence-electron chi connectivity index (χ1n) is 9.58. The molecular formula is C18H27N5O4. The molecule has 1 aromatic rings. The maximum atomic E-state index is 12.8. The molecule has 9 nitrogen and oxygen atoms in total. The van der Waals surface area contributed by atoms with E-state index >= 15 is 0 Å². The zero-order valence-electron chi connectivity index (χ0n) is 15.8. The number of carboxylic acids is 1. The fourth-order valence-corrected chi connectivity index (χ4v) is 4.02. The zero-order valence-corrected chi connectivity index (χ0v) is 15.8. The van der Waals surface area contributed by atoms with Crippen LogP contribution < -0.4 is 5.32 Å². The molecule has 27 heavy (non-hydrogen) atoms. The molecule has 0 bridgehead atoms. The van der Waals surface area contributed by atoms with Gasteiger partial charge in [0.05, 0.1) is 13.1 Å². The molecule has 0 aromatic carbocycles. The van der Waals surface area contributed by atoms with E-state index in [0.717, 1.165) is 25.7 Å². The third kappa shape index (κ3) is 4.28. The Bertz CT molecular complexity index is 725. The van der Waals surface area contributed by atoms with Gasteiger partial charge < -0.3 is 19.9 Å². The summed E-state index contributed by atoms with van der Waals surface area (Å²) >= 11 is 0. The number of rotatable bonds is 5. The Kier molecular flexibility index (Phi) is 5.76. The number of nitrogens with one attached hydrogen (secondary N) is 1. The normalized spacial score (nSPS) is 21.4. The molecule has 0 spiro atoms. The van der Waals surface area contributed by atoms with Crippen LogP contribution >= 0.6 is 0 Å². The highest BCUT2D eigenvalue weighted by Gasteiger charge is 2.38. The summed E-state index contributed by atoms with van der Waals surface area (Å²) in [5.74, 6) is -0.0830. The van der Waals surface area contributed by atoms with Gasteiger partial charge in [0.2, 0.25) is 11.8 Å². The highest BCUT2D eigenvalue weighted by Crippen LogP contribution is 2.26. The van der Waals surface area contributed by atoms with Crippen LogP contribution in [0.4, 0.5) is 0 Å². The quantitative estimate of drug-likeness (QED) is 0.786. The summed E-state index contributed by atoms with van der Waals surface area (Å²) in [5.41, 5.74) is 0. The van der Waals surface area contributed by atoms with Gasteiger partial charge in [-0.1, -0.05) is 19.3 Å². The number of hydrogen-bond donors (Lipinski definition) is 2. The monoisotopic (exact) mass is 377 g/mol. The van der Waals surface area contributed by atoms with Crippen molar-refractivity contribution >= 4 is 17.8 Å². The van der Waals surface area contributed by atoms with E-state index < -0.39 is 24.0 Å². The Hall–Kier alpha value is -2.45. The number of aromatic nitrogens is 3. The molecule has 1 aliphatic carbocycles. The summed E-state index contributed by atoms with van der Waals surface area (Å²) in [6.07, 6.45) is 6.06. The Morgan fingerprint density at radius 2 is 1.93 bits per heavy atom. The van der Waals surface area contributed by atoms with Gasteiger partial charge >= 0.3 is 5.97 Å². The van der Waals surface area contributed by atoms with Crippen LogP contribution in [0.15, 0.2) is 0 Å². The maximum Gasteiger partial charge on any atom is 0.328 e. The molecule has 1 aliphatic heterocycles. The van der Waals surface area contributed by atoms with Crippen LogP contribution in [-0.2, 0) is 27.5 Å². The van der Waals surface area contributed by atoms with Gasteiger partial charge in [-0.3, -0.25) is 9.59 Å². The minimum Gasteiger partial charge on any atom is -0.480 e. The van der Waals surface area contributed by atoms with E-state index in [9.17, 15) is 19.5 Å². The number of carbonyl (C=O) groups excluding carboxylic acids is 2. The van der Waals surface area contributed by atoms with Gasteiger partial charge in [0.1, 0.15) is 17.9 Å². The van der Waals surface area contributed by atoms with Crippen molar-refractivity contribution in [3.8, 4) is 0 Å². The average Bonchev–Trinajstić information content (AvgIpc) is 3.01. The van der Waals surface area contributed by atoms with Gasteiger partial charge in [0.15, 0.2) is 5.82 Å². The average molecular weight is 377 g/mol. The molecule has 0 radical (unpaired) electrons. The summed E-state index contributed by atoms with van der Waals surface area (Å²) in [4.78, 5) is 38.1. The Morgan fingerprint density at radius 3 is 2.59 bits per heavy atom. The minimum absolute atomic E-state index is 0.0689. The second kappa shape index (κ2) is 8.06. The number of carbonyl (C=O) groups is 3. The number of aryl methyl sites for hydroxylation is 1. The van der Waals surface area contributed by atoms with Crippen molar-refractivity contribution in [2.24, 2.45) is 5.92 Å². The minimum atomic E-state index is -1.08. The van der Waals surface area contributed by atoms with Crippen LogP contribution in [0, 0.1) is 12.8 Å². The molecule has 9 heteroatoms. The van der Waals surface area contributed by atoms with Crippen molar-refractivity contribution in [2.75, 3.05) is 0 Å². The first-order valence-corrected chi connectivity index (χ1v) is 9.58. The Balaban J connectivity index is 1.64. The number of amides is 2. The topological polar surface area (TPSA) is 117 Å². The highest BCUT2D eigenvalue weighted by atomic mass is 16.4. The van der Waals surface area contributed by atoms with E-state index in [4.69, 9.17) is 0 Å². The predicted octanol–water partition coefficient (Wildman–Crippen LogP) is 0.857. The first kappa shape index (κ1) is 19.3. The van der Waals surface area contributed by atoms with Crippen molar-refractivity contribution < 1.29 is 19.5 Å². The largest absolute Gasteiger partial charge is 0.480 e. The van der Waals surface area contributed by atoms with E-state index in [-0.39, 0.29) is 19.0 Å². The first-order chi connectivity index (χ1) is 12.9. The molecule has 2 heterocycles. The SMILES string of the molecule is Cc1nnc2n1CC(C(=O)O)N(C(=O)C(C)NC(=O)CC1CCCCC1)C2. The van der Waals surface area contributed by atoms with Gasteiger partial charge in [-0.25, -0.2) is 4.79 Å². The number of nitrogens with zero attached hydrogens (tertiary/aromatic N) is 4. The molecule has 1 aromatic heterocycles. The highest BCUT2D eigenvalue weighted by molar-refractivity contribution is 5.90. The van der Waals surface area contributed by atoms with Gasteiger partial charge in [0.25, 0.3) is 0 Å². The molecule has 1 saturated carbocycles. The van der Waals surface area contributed by atoms with Gasteiger partial charge in [-0.15, -0.1) is 10.2 Å². The molecule has 0 saturated heterocycles. The van der Waals surface area contributed by atoms with Crippen molar-refractivity contribution in [2.45, 2.75) is 77.5 Å². The third-order valence-corrected chi connectivity index (χ3v) is 5.57. The van der Waals surface area contributed by atoms with E-state index in [1.54, 1.807) is 18.4 Å². The zero-order chi connectivity index (χ0) is 19.6. The van der Waals surface area contributed by atoms with Crippen LogP contribution in [0.3, 0.4) is 0 Å². The fraction of sp³-hybridized carbons (Fsp3) is 0.722. The lowest BCUT2D eigenvalue weighted by Crippen LogP contribution is -2.56. The molecule has 3 rings (SSSR count). The van der Waals surface area contributed by atoms with E-state index in [1.807, 2.05) is 0 Å². The second-order valence-electron chi connectivity index (χ2n) is 7.59. The number of fused-ring (bicyclic) bond motifs is 1. The molecule has 2 atom stereocenters. The van der Waals surface area contributed by atoms with Crippen LogP contribution in [0.2, 0.25) is 0 Å².